The van der Waals surface area contributed by atoms with Crippen LogP contribution in [0.2, 0.25) is 0 Å². The summed E-state index contributed by atoms with van der Waals surface area (Å²) in [4.78, 5) is 4.28. The molecule has 2 aromatic rings. The van der Waals surface area contributed by atoms with Gasteiger partial charge in [0, 0.05) is 45.0 Å². The number of halogens is 1. The summed E-state index contributed by atoms with van der Waals surface area (Å²) in [7, 11) is 3.75. The molecule has 0 aliphatic heterocycles. The molecule has 150 valence electrons. The lowest BCUT2D eigenvalue weighted by Gasteiger charge is -2.15. The number of nitrogens with zero attached hydrogens (tertiary/aromatic N) is 3. The number of nitrogens with one attached hydrogen (secondary N) is 2. The van der Waals surface area contributed by atoms with E-state index in [0.29, 0.717) is 13.2 Å². The molecule has 2 rings (SSSR count). The Hall–Kier alpha value is -1.61. The normalized spacial score (nSPS) is 12.4. The zero-order valence-electron chi connectivity index (χ0n) is 17.0. The number of benzene rings is 1. The minimum absolute atomic E-state index is 0. The van der Waals surface area contributed by atoms with Crippen LogP contribution in [0.3, 0.4) is 0 Å². The molecule has 0 bridgehead atoms. The lowest BCUT2D eigenvalue weighted by Crippen LogP contribution is -2.37. The maximum Gasteiger partial charge on any atom is 0.191 e. The number of aromatic nitrogens is 2. The van der Waals surface area contributed by atoms with Crippen LogP contribution in [-0.2, 0) is 18.3 Å². The second-order valence-corrected chi connectivity index (χ2v) is 6.40. The highest BCUT2D eigenvalue weighted by atomic mass is 127. The highest BCUT2D eigenvalue weighted by Crippen LogP contribution is 2.15. The van der Waals surface area contributed by atoms with E-state index >= 15 is 0 Å². The first-order valence-corrected chi connectivity index (χ1v) is 9.13. The van der Waals surface area contributed by atoms with E-state index in [1.807, 2.05) is 36.9 Å². The van der Waals surface area contributed by atoms with Crippen molar-refractivity contribution in [2.45, 2.75) is 39.8 Å². The van der Waals surface area contributed by atoms with Crippen LogP contribution in [0.4, 0.5) is 0 Å². The van der Waals surface area contributed by atoms with Crippen molar-refractivity contribution in [3.05, 3.63) is 52.8 Å². The molecule has 0 saturated carbocycles. The fraction of sp³-hybridized carbons (Fsp3) is 0.500. The first-order valence-electron chi connectivity index (χ1n) is 9.13. The van der Waals surface area contributed by atoms with Crippen LogP contribution >= 0.6 is 24.0 Å². The Morgan fingerprint density at radius 3 is 2.52 bits per heavy atom. The summed E-state index contributed by atoms with van der Waals surface area (Å²) >= 11 is 0. The van der Waals surface area contributed by atoms with Gasteiger partial charge < -0.3 is 15.4 Å². The van der Waals surface area contributed by atoms with Gasteiger partial charge >= 0.3 is 0 Å². The van der Waals surface area contributed by atoms with Crippen molar-refractivity contribution in [1.29, 1.82) is 0 Å². The van der Waals surface area contributed by atoms with Crippen LogP contribution in [-0.4, -0.2) is 35.9 Å². The van der Waals surface area contributed by atoms with Gasteiger partial charge in [0.1, 0.15) is 0 Å². The number of rotatable bonds is 8. The lowest BCUT2D eigenvalue weighted by atomic mass is 10.1. The highest BCUT2D eigenvalue weighted by molar-refractivity contribution is 14.0. The average Bonchev–Trinajstić information content (AvgIpc) is 2.90. The standard InChI is InChI=1S/C20H31N5O.HI/c1-15-19(16(2)25(5)24-15)14-23-20(21-4)22-12-9-13-26-17(3)18-10-7-6-8-11-18;/h6-8,10-11,17H,9,12-14H2,1-5H3,(H2,21,22,23);1H. The molecule has 1 atom stereocenters. The van der Waals surface area contributed by atoms with Gasteiger partial charge in [0.15, 0.2) is 5.96 Å². The van der Waals surface area contributed by atoms with Gasteiger partial charge in [-0.2, -0.15) is 5.10 Å². The molecule has 6 nitrogen and oxygen atoms in total. The molecule has 1 unspecified atom stereocenters. The number of guanidine groups is 1. The predicted molar refractivity (Wildman–Crippen MR) is 122 cm³/mol. The summed E-state index contributed by atoms with van der Waals surface area (Å²) in [5.74, 6) is 0.795. The molecule has 0 radical (unpaired) electrons. The van der Waals surface area contributed by atoms with Crippen molar-refractivity contribution in [2.24, 2.45) is 12.0 Å². The second-order valence-electron chi connectivity index (χ2n) is 6.40. The molecule has 2 N–H and O–H groups in total. The smallest absolute Gasteiger partial charge is 0.191 e. The minimum Gasteiger partial charge on any atom is -0.374 e. The van der Waals surface area contributed by atoms with E-state index in [4.69, 9.17) is 4.74 Å². The van der Waals surface area contributed by atoms with Crippen LogP contribution in [0, 0.1) is 13.8 Å². The van der Waals surface area contributed by atoms with Crippen molar-refractivity contribution in [1.82, 2.24) is 20.4 Å². The zero-order chi connectivity index (χ0) is 18.9. The quantitative estimate of drug-likeness (QED) is 0.260. The molecule has 0 spiro atoms. The Bertz CT molecular complexity index is 715. The number of ether oxygens (including phenoxy) is 1. The molecule has 1 heterocycles. The highest BCUT2D eigenvalue weighted by Gasteiger charge is 2.09. The monoisotopic (exact) mass is 485 g/mol. The molecule has 0 amide bonds. The molecular weight excluding hydrogens is 453 g/mol. The van der Waals surface area contributed by atoms with Gasteiger partial charge in [0.2, 0.25) is 0 Å². The van der Waals surface area contributed by atoms with E-state index in [1.54, 1.807) is 7.05 Å². The Labute approximate surface area is 179 Å². The third-order valence-electron chi connectivity index (χ3n) is 4.57. The molecule has 27 heavy (non-hydrogen) atoms. The second kappa shape index (κ2) is 12.0. The Morgan fingerprint density at radius 2 is 1.93 bits per heavy atom. The SMILES string of the molecule is CN=C(NCCCOC(C)c1ccccc1)NCc1c(C)nn(C)c1C.I. The van der Waals surface area contributed by atoms with Gasteiger partial charge in [0.05, 0.1) is 11.8 Å². The zero-order valence-corrected chi connectivity index (χ0v) is 19.3. The van der Waals surface area contributed by atoms with Crippen LogP contribution < -0.4 is 10.6 Å². The van der Waals surface area contributed by atoms with Gasteiger partial charge in [-0.1, -0.05) is 30.3 Å². The fourth-order valence-corrected chi connectivity index (χ4v) is 2.83. The summed E-state index contributed by atoms with van der Waals surface area (Å²) in [6, 6.07) is 10.3. The molecule has 0 aliphatic rings. The number of aliphatic imine (C=N–C) groups is 1. The predicted octanol–water partition coefficient (Wildman–Crippen LogP) is 3.49. The Morgan fingerprint density at radius 1 is 1.22 bits per heavy atom. The average molecular weight is 485 g/mol. The molecular formula is C20H32IN5O. The number of aryl methyl sites for hydroxylation is 2. The van der Waals surface area contributed by atoms with Crippen molar-refractivity contribution in [2.75, 3.05) is 20.2 Å². The molecule has 0 aliphatic carbocycles. The fourth-order valence-electron chi connectivity index (χ4n) is 2.83. The van der Waals surface area contributed by atoms with Gasteiger partial charge in [-0.3, -0.25) is 9.67 Å². The third-order valence-corrected chi connectivity index (χ3v) is 4.57. The first-order chi connectivity index (χ1) is 12.5. The summed E-state index contributed by atoms with van der Waals surface area (Å²) in [6.07, 6.45) is 1.04. The first kappa shape index (κ1) is 23.4. The molecule has 1 aromatic carbocycles. The van der Waals surface area contributed by atoms with E-state index in [1.165, 1.54) is 16.8 Å². The van der Waals surface area contributed by atoms with Crippen molar-refractivity contribution in [3.63, 3.8) is 0 Å². The van der Waals surface area contributed by atoms with Crippen LogP contribution in [0.1, 0.15) is 42.0 Å². The topological polar surface area (TPSA) is 63.5 Å². The van der Waals surface area contributed by atoms with E-state index in [-0.39, 0.29) is 30.1 Å². The van der Waals surface area contributed by atoms with Gasteiger partial charge in [0.25, 0.3) is 0 Å². The Balaban J connectivity index is 0.00000364. The summed E-state index contributed by atoms with van der Waals surface area (Å²) in [5.41, 5.74) is 4.65. The van der Waals surface area contributed by atoms with E-state index in [2.05, 4.69) is 46.7 Å². The number of hydrogen-bond donors (Lipinski definition) is 2. The molecule has 0 saturated heterocycles. The van der Waals surface area contributed by atoms with E-state index in [0.717, 1.165) is 24.6 Å². The van der Waals surface area contributed by atoms with Crippen molar-refractivity contribution >= 4 is 29.9 Å². The van der Waals surface area contributed by atoms with Gasteiger partial charge in [-0.05, 0) is 32.8 Å². The maximum atomic E-state index is 5.90. The van der Waals surface area contributed by atoms with Crippen LogP contribution in [0.5, 0.6) is 0 Å². The molecule has 1 aromatic heterocycles. The molecule has 0 fully saturated rings. The van der Waals surface area contributed by atoms with Crippen LogP contribution in [0.25, 0.3) is 0 Å². The van der Waals surface area contributed by atoms with Gasteiger partial charge in [-0.15, -0.1) is 24.0 Å². The summed E-state index contributed by atoms with van der Waals surface area (Å²) in [6.45, 7) is 8.44. The van der Waals surface area contributed by atoms with Gasteiger partial charge in [-0.25, -0.2) is 0 Å². The van der Waals surface area contributed by atoms with Crippen molar-refractivity contribution in [3.8, 4) is 0 Å². The summed E-state index contributed by atoms with van der Waals surface area (Å²) < 4.78 is 7.81. The lowest BCUT2D eigenvalue weighted by molar-refractivity contribution is 0.0646. The van der Waals surface area contributed by atoms with E-state index in [9.17, 15) is 0 Å². The largest absolute Gasteiger partial charge is 0.374 e. The van der Waals surface area contributed by atoms with Crippen molar-refractivity contribution < 1.29 is 4.74 Å². The number of hydrogen-bond acceptors (Lipinski definition) is 3. The van der Waals surface area contributed by atoms with Crippen LogP contribution in [0.15, 0.2) is 35.3 Å². The molecule has 7 heteroatoms. The van der Waals surface area contributed by atoms with E-state index < -0.39 is 0 Å². The maximum absolute atomic E-state index is 5.90. The minimum atomic E-state index is 0. The third kappa shape index (κ3) is 7.14. The summed E-state index contributed by atoms with van der Waals surface area (Å²) in [5, 5.41) is 11.1. The Kier molecular flexibility index (Phi) is 10.4.